The monoisotopic (exact) mass is 715 g/mol. The molecule has 8 aromatic carbocycles. The van der Waals surface area contributed by atoms with Crippen molar-refractivity contribution in [3.05, 3.63) is 168 Å². The number of aryl methyl sites for hydroxylation is 1. The van der Waals surface area contributed by atoms with Crippen LogP contribution in [0.25, 0.3) is 83.1 Å². The van der Waals surface area contributed by atoms with Gasteiger partial charge in [-0.2, -0.15) is 0 Å². The molecule has 2 aliphatic heterocycles. The molecule has 10 aromatic rings. The maximum atomic E-state index is 6.67. The van der Waals surface area contributed by atoms with Gasteiger partial charge in [0.25, 0.3) is 0 Å². The SMILES string of the molecule is Cc1ccc(N2B3c4cc5oc(-c6ccccc6)nc5cc4-n4c5ccccc5c5c6ccccc6c(c3c54)-c3cc4c(cc32)C(C)(C)c2ccccc2-4)cc1. The molecule has 0 N–H and O–H groups in total. The van der Waals surface area contributed by atoms with E-state index in [-0.39, 0.29) is 12.3 Å². The highest BCUT2D eigenvalue weighted by atomic mass is 16.3. The van der Waals surface area contributed by atoms with Crippen LogP contribution in [-0.4, -0.2) is 16.4 Å². The summed E-state index contributed by atoms with van der Waals surface area (Å²) < 4.78 is 9.20. The van der Waals surface area contributed by atoms with Gasteiger partial charge in [0, 0.05) is 44.4 Å². The quantitative estimate of drug-likeness (QED) is 0.167. The Hall–Kier alpha value is -6.85. The lowest BCUT2D eigenvalue weighted by Crippen LogP contribution is -2.60. The zero-order valence-electron chi connectivity index (χ0n) is 31.3. The first-order valence-corrected chi connectivity index (χ1v) is 19.6. The molecule has 13 rings (SSSR count). The van der Waals surface area contributed by atoms with E-state index in [0.29, 0.717) is 5.89 Å². The van der Waals surface area contributed by atoms with Crippen LogP contribution in [0.4, 0.5) is 11.4 Å². The molecular formula is C51H34BN3O. The molecule has 0 radical (unpaired) electrons. The third-order valence-electron chi connectivity index (χ3n) is 13.0. The molecule has 3 aliphatic rings. The zero-order valence-corrected chi connectivity index (χ0v) is 31.3. The number of aromatic nitrogens is 2. The first-order chi connectivity index (χ1) is 27.5. The van der Waals surface area contributed by atoms with E-state index in [2.05, 4.69) is 164 Å². The maximum Gasteiger partial charge on any atom is 0.333 e. The molecule has 5 heteroatoms. The number of rotatable bonds is 2. The number of para-hydroxylation sites is 1. The highest BCUT2D eigenvalue weighted by Crippen LogP contribution is 2.55. The molecule has 4 nitrogen and oxygen atoms in total. The van der Waals surface area contributed by atoms with Gasteiger partial charge in [0.15, 0.2) is 5.58 Å². The maximum absolute atomic E-state index is 6.67. The van der Waals surface area contributed by atoms with Crippen LogP contribution < -0.4 is 15.7 Å². The molecule has 4 heterocycles. The number of oxazole rings is 1. The number of anilines is 2. The van der Waals surface area contributed by atoms with Gasteiger partial charge in [-0.25, -0.2) is 4.98 Å². The molecule has 2 aromatic heterocycles. The van der Waals surface area contributed by atoms with Crippen LogP contribution in [-0.2, 0) is 5.41 Å². The summed E-state index contributed by atoms with van der Waals surface area (Å²) in [6.07, 6.45) is 0. The van der Waals surface area contributed by atoms with Gasteiger partial charge in [0.2, 0.25) is 5.89 Å². The lowest BCUT2D eigenvalue weighted by atomic mass is 9.43. The second kappa shape index (κ2) is 10.5. The second-order valence-corrected chi connectivity index (χ2v) is 16.4. The number of nitrogens with zero attached hydrogens (tertiary/aromatic N) is 3. The minimum absolute atomic E-state index is 0.140. The average molecular weight is 716 g/mol. The van der Waals surface area contributed by atoms with E-state index < -0.39 is 0 Å². The van der Waals surface area contributed by atoms with Crippen LogP contribution in [0.1, 0.15) is 30.5 Å². The Kier molecular flexibility index (Phi) is 5.70. The summed E-state index contributed by atoms with van der Waals surface area (Å²) in [7, 11) is 0. The first-order valence-electron chi connectivity index (χ1n) is 19.6. The van der Waals surface area contributed by atoms with Gasteiger partial charge in [0.05, 0.1) is 11.0 Å². The summed E-state index contributed by atoms with van der Waals surface area (Å²) in [5.41, 5.74) is 20.3. The van der Waals surface area contributed by atoms with E-state index in [1.165, 1.54) is 93.8 Å². The molecule has 0 atom stereocenters. The highest BCUT2D eigenvalue weighted by Gasteiger charge is 2.47. The van der Waals surface area contributed by atoms with Gasteiger partial charge in [0.1, 0.15) is 5.52 Å². The topological polar surface area (TPSA) is 34.2 Å². The fourth-order valence-electron chi connectivity index (χ4n) is 10.5. The Bertz CT molecular complexity index is 3350. The molecule has 0 spiro atoms. The minimum atomic E-state index is -0.150. The standard InChI is InChI=1S/C51H34BN3O/c1-29-21-23-31(24-22-29)55-43-26-39-36(32-15-9-11-19-38(32)51(39,2)3)25-37(43)46-33-16-7-8-17-34(33)47-35-18-10-12-20-42(35)54-44-28-41-45(27-40(44)52(55)48(46)49(47)54)56-50(53-41)30-13-5-4-6-14-30/h4-28H,1-3H3. The van der Waals surface area contributed by atoms with Crippen LogP contribution in [0, 0.1) is 6.92 Å². The van der Waals surface area contributed by atoms with Crippen LogP contribution >= 0.6 is 0 Å². The summed E-state index contributed by atoms with van der Waals surface area (Å²) >= 11 is 0. The third-order valence-corrected chi connectivity index (χ3v) is 13.0. The van der Waals surface area contributed by atoms with Crippen molar-refractivity contribution in [2.75, 3.05) is 4.81 Å². The highest BCUT2D eigenvalue weighted by molar-refractivity contribution is 6.94. The van der Waals surface area contributed by atoms with E-state index in [9.17, 15) is 0 Å². The predicted molar refractivity (Wildman–Crippen MR) is 233 cm³/mol. The van der Waals surface area contributed by atoms with E-state index in [1.54, 1.807) is 0 Å². The number of hydrogen-bond donors (Lipinski definition) is 0. The van der Waals surface area contributed by atoms with E-state index in [4.69, 9.17) is 9.40 Å². The summed E-state index contributed by atoms with van der Waals surface area (Å²) in [5.74, 6) is 0.635. The third kappa shape index (κ3) is 3.73. The summed E-state index contributed by atoms with van der Waals surface area (Å²) in [6, 6.07) is 56.0. The van der Waals surface area contributed by atoms with Crippen molar-refractivity contribution >= 4 is 72.8 Å². The fourth-order valence-corrected chi connectivity index (χ4v) is 10.5. The summed E-state index contributed by atoms with van der Waals surface area (Å²) in [5, 5.41) is 5.13. The van der Waals surface area contributed by atoms with Gasteiger partial charge in [-0.15, -0.1) is 0 Å². The summed E-state index contributed by atoms with van der Waals surface area (Å²) in [4.78, 5) is 7.74. The number of hydrogen-bond acceptors (Lipinski definition) is 3. The Balaban J connectivity index is 1.24. The Morgan fingerprint density at radius 3 is 2.20 bits per heavy atom. The molecule has 56 heavy (non-hydrogen) atoms. The van der Waals surface area contributed by atoms with Crippen molar-refractivity contribution in [3.8, 4) is 39.4 Å². The largest absolute Gasteiger partial charge is 0.436 e. The normalized spacial score (nSPS) is 14.4. The van der Waals surface area contributed by atoms with Crippen molar-refractivity contribution in [2.45, 2.75) is 26.2 Å². The molecule has 0 amide bonds. The smallest absolute Gasteiger partial charge is 0.333 e. The minimum Gasteiger partial charge on any atom is -0.436 e. The van der Waals surface area contributed by atoms with Crippen molar-refractivity contribution < 1.29 is 4.42 Å². The molecule has 0 fully saturated rings. The van der Waals surface area contributed by atoms with Gasteiger partial charge < -0.3 is 13.8 Å². The first kappa shape index (κ1) is 30.5. The van der Waals surface area contributed by atoms with Crippen LogP contribution in [0.15, 0.2) is 156 Å². The van der Waals surface area contributed by atoms with Crippen molar-refractivity contribution in [1.82, 2.24) is 9.55 Å². The number of fused-ring (bicyclic) bond motifs is 15. The molecule has 0 unspecified atom stereocenters. The van der Waals surface area contributed by atoms with Crippen LogP contribution in [0.2, 0.25) is 0 Å². The van der Waals surface area contributed by atoms with E-state index >= 15 is 0 Å². The van der Waals surface area contributed by atoms with E-state index in [0.717, 1.165) is 22.4 Å². The predicted octanol–water partition coefficient (Wildman–Crippen LogP) is 11.6. The lowest BCUT2D eigenvalue weighted by Gasteiger charge is -2.43. The van der Waals surface area contributed by atoms with Crippen molar-refractivity contribution in [1.29, 1.82) is 0 Å². The molecule has 1 aliphatic carbocycles. The molecule has 0 saturated heterocycles. The average Bonchev–Trinajstić information content (AvgIpc) is 3.88. The van der Waals surface area contributed by atoms with Crippen LogP contribution in [0.3, 0.4) is 0 Å². The Morgan fingerprint density at radius 2 is 1.36 bits per heavy atom. The Labute approximate surface area is 324 Å². The fraction of sp³-hybridized carbons (Fsp3) is 0.0784. The molecular weight excluding hydrogens is 681 g/mol. The second-order valence-electron chi connectivity index (χ2n) is 16.4. The lowest BCUT2D eigenvalue weighted by molar-refractivity contribution is 0.620. The molecule has 0 bridgehead atoms. The Morgan fingerprint density at radius 1 is 0.625 bits per heavy atom. The summed E-state index contributed by atoms with van der Waals surface area (Å²) in [6.45, 7) is 6.80. The van der Waals surface area contributed by atoms with Gasteiger partial charge in [-0.3, -0.25) is 0 Å². The van der Waals surface area contributed by atoms with Crippen molar-refractivity contribution in [2.24, 2.45) is 0 Å². The van der Waals surface area contributed by atoms with Gasteiger partial charge in [-0.05, 0) is 111 Å². The molecule has 0 saturated carbocycles. The zero-order chi connectivity index (χ0) is 37.0. The van der Waals surface area contributed by atoms with Gasteiger partial charge >= 0.3 is 6.85 Å². The van der Waals surface area contributed by atoms with Crippen LogP contribution in [0.5, 0.6) is 0 Å². The van der Waals surface area contributed by atoms with Gasteiger partial charge in [-0.1, -0.05) is 116 Å². The number of benzene rings is 8. The molecule has 262 valence electrons. The van der Waals surface area contributed by atoms with Crippen molar-refractivity contribution in [3.63, 3.8) is 0 Å². The van der Waals surface area contributed by atoms with E-state index in [1.807, 2.05) is 18.2 Å².